The van der Waals surface area contributed by atoms with Gasteiger partial charge in [0.15, 0.2) is 0 Å². The van der Waals surface area contributed by atoms with Crippen LogP contribution in [0.15, 0.2) is 41.4 Å². The first kappa shape index (κ1) is 13.3. The summed E-state index contributed by atoms with van der Waals surface area (Å²) >= 11 is 1.60. The van der Waals surface area contributed by atoms with Crippen LogP contribution in [0.5, 0.6) is 0 Å². The minimum atomic E-state index is -0.456. The molecule has 20 heavy (non-hydrogen) atoms. The van der Waals surface area contributed by atoms with Gasteiger partial charge in [-0.25, -0.2) is 4.98 Å². The third kappa shape index (κ3) is 2.75. The van der Waals surface area contributed by atoms with Gasteiger partial charge in [-0.15, -0.1) is 0 Å². The molecule has 0 fully saturated rings. The second kappa shape index (κ2) is 5.75. The Balaban J connectivity index is 1.63. The number of hydrogen-bond acceptors (Lipinski definition) is 4. The monoisotopic (exact) mass is 287 g/mol. The molecule has 0 saturated heterocycles. The number of aromatic nitrogens is 2. The first-order valence-corrected chi connectivity index (χ1v) is 7.52. The van der Waals surface area contributed by atoms with E-state index in [1.54, 1.807) is 11.3 Å². The summed E-state index contributed by atoms with van der Waals surface area (Å²) in [4.78, 5) is 4.39. The fourth-order valence-corrected chi connectivity index (χ4v) is 2.89. The number of thiophene rings is 1. The average Bonchev–Trinajstić information content (AvgIpc) is 3.08. The molecule has 1 atom stereocenters. The molecule has 0 aromatic carbocycles. The number of imidazole rings is 1. The molecule has 0 amide bonds. The Morgan fingerprint density at radius 2 is 2.35 bits per heavy atom. The second-order valence-corrected chi connectivity index (χ2v) is 5.67. The van der Waals surface area contributed by atoms with E-state index >= 15 is 0 Å². The lowest BCUT2D eigenvalue weighted by atomic mass is 10.2. The van der Waals surface area contributed by atoms with Crippen molar-refractivity contribution in [1.82, 2.24) is 14.7 Å². The maximum Gasteiger partial charge on any atom is 0.137 e. The Labute approximate surface area is 121 Å². The van der Waals surface area contributed by atoms with Crippen molar-refractivity contribution in [2.45, 2.75) is 19.6 Å². The third-order valence-electron chi connectivity index (χ3n) is 3.32. The van der Waals surface area contributed by atoms with Crippen molar-refractivity contribution in [2.75, 3.05) is 6.54 Å². The molecule has 1 unspecified atom stereocenters. The topological polar surface area (TPSA) is 49.6 Å². The standard InChI is InChI=1S/C15H17N3OS/c1-11-2-4-18-13(8-17-15(18)6-11)7-16-9-14(19)12-3-5-20-10-12/h2-6,8,10,14,16,19H,7,9H2,1H3. The van der Waals surface area contributed by atoms with E-state index in [0.29, 0.717) is 13.1 Å². The number of fused-ring (bicyclic) bond motifs is 1. The molecule has 2 N–H and O–H groups in total. The van der Waals surface area contributed by atoms with Crippen molar-refractivity contribution >= 4 is 17.0 Å². The summed E-state index contributed by atoms with van der Waals surface area (Å²) in [5.41, 5.74) is 4.23. The van der Waals surface area contributed by atoms with Crippen molar-refractivity contribution in [1.29, 1.82) is 0 Å². The zero-order chi connectivity index (χ0) is 13.9. The Morgan fingerprint density at radius 3 is 3.15 bits per heavy atom. The zero-order valence-corrected chi connectivity index (χ0v) is 12.1. The van der Waals surface area contributed by atoms with E-state index in [9.17, 15) is 5.11 Å². The highest BCUT2D eigenvalue weighted by Crippen LogP contribution is 2.15. The van der Waals surface area contributed by atoms with Crippen LogP contribution in [0.4, 0.5) is 0 Å². The molecule has 0 radical (unpaired) electrons. The highest BCUT2D eigenvalue weighted by Gasteiger charge is 2.08. The predicted octanol–water partition coefficient (Wildman–Crippen LogP) is 2.53. The lowest BCUT2D eigenvalue weighted by Gasteiger charge is -2.10. The SMILES string of the molecule is Cc1ccn2c(CNCC(O)c3ccsc3)cnc2c1. The largest absolute Gasteiger partial charge is 0.387 e. The summed E-state index contributed by atoms with van der Waals surface area (Å²) in [6.45, 7) is 3.28. The van der Waals surface area contributed by atoms with Crippen LogP contribution in [-0.2, 0) is 6.54 Å². The van der Waals surface area contributed by atoms with E-state index in [-0.39, 0.29) is 0 Å². The van der Waals surface area contributed by atoms with Gasteiger partial charge in [0, 0.05) is 19.3 Å². The van der Waals surface area contributed by atoms with E-state index in [0.717, 1.165) is 16.9 Å². The minimum Gasteiger partial charge on any atom is -0.387 e. The van der Waals surface area contributed by atoms with Gasteiger partial charge in [0.2, 0.25) is 0 Å². The van der Waals surface area contributed by atoms with Gasteiger partial charge < -0.3 is 14.8 Å². The van der Waals surface area contributed by atoms with E-state index in [4.69, 9.17) is 0 Å². The number of pyridine rings is 1. The lowest BCUT2D eigenvalue weighted by molar-refractivity contribution is 0.174. The molecular weight excluding hydrogens is 270 g/mol. The van der Waals surface area contributed by atoms with Crippen LogP contribution in [0.25, 0.3) is 5.65 Å². The van der Waals surface area contributed by atoms with E-state index in [1.807, 2.05) is 29.2 Å². The Hall–Kier alpha value is -1.69. The Kier molecular flexibility index (Phi) is 3.82. The number of rotatable bonds is 5. The fraction of sp³-hybridized carbons (Fsp3) is 0.267. The van der Waals surface area contributed by atoms with Gasteiger partial charge in [-0.1, -0.05) is 0 Å². The summed E-state index contributed by atoms with van der Waals surface area (Å²) < 4.78 is 2.07. The molecule has 3 heterocycles. The number of nitrogens with zero attached hydrogens (tertiary/aromatic N) is 2. The number of hydrogen-bond donors (Lipinski definition) is 2. The first-order chi connectivity index (χ1) is 9.74. The molecule has 3 aromatic rings. The summed E-state index contributed by atoms with van der Waals surface area (Å²) in [6, 6.07) is 6.08. The smallest absolute Gasteiger partial charge is 0.137 e. The van der Waals surface area contributed by atoms with Crippen molar-refractivity contribution in [3.05, 3.63) is 58.2 Å². The van der Waals surface area contributed by atoms with Crippen LogP contribution in [0, 0.1) is 6.92 Å². The number of aryl methyl sites for hydroxylation is 1. The van der Waals surface area contributed by atoms with Crippen molar-refractivity contribution < 1.29 is 5.11 Å². The van der Waals surface area contributed by atoms with Crippen LogP contribution in [0.1, 0.15) is 22.9 Å². The molecule has 0 aliphatic carbocycles. The van der Waals surface area contributed by atoms with E-state index in [1.165, 1.54) is 5.56 Å². The highest BCUT2D eigenvalue weighted by atomic mass is 32.1. The predicted molar refractivity (Wildman–Crippen MR) is 80.9 cm³/mol. The van der Waals surface area contributed by atoms with Gasteiger partial charge >= 0.3 is 0 Å². The molecule has 0 spiro atoms. The molecule has 3 rings (SSSR count). The van der Waals surface area contributed by atoms with Gasteiger partial charge in [-0.2, -0.15) is 11.3 Å². The summed E-state index contributed by atoms with van der Waals surface area (Å²) in [6.07, 6.45) is 3.45. The summed E-state index contributed by atoms with van der Waals surface area (Å²) in [5, 5.41) is 17.2. The Morgan fingerprint density at radius 1 is 1.45 bits per heavy atom. The van der Waals surface area contributed by atoms with Gasteiger partial charge in [-0.05, 0) is 47.0 Å². The second-order valence-electron chi connectivity index (χ2n) is 4.89. The molecule has 0 aliphatic heterocycles. The molecule has 0 saturated carbocycles. The van der Waals surface area contributed by atoms with Gasteiger partial charge in [0.25, 0.3) is 0 Å². The summed E-state index contributed by atoms with van der Waals surface area (Å²) in [5.74, 6) is 0. The molecule has 104 valence electrons. The molecule has 4 nitrogen and oxygen atoms in total. The normalized spacial score (nSPS) is 12.9. The van der Waals surface area contributed by atoms with Crippen LogP contribution < -0.4 is 5.32 Å². The molecule has 3 aromatic heterocycles. The van der Waals surface area contributed by atoms with E-state index < -0.39 is 6.10 Å². The van der Waals surface area contributed by atoms with Crippen molar-refractivity contribution in [3.8, 4) is 0 Å². The quantitative estimate of drug-likeness (QED) is 0.758. The molecular formula is C15H17N3OS. The third-order valence-corrected chi connectivity index (χ3v) is 4.02. The maximum absolute atomic E-state index is 10.0. The van der Waals surface area contributed by atoms with Crippen molar-refractivity contribution in [3.63, 3.8) is 0 Å². The van der Waals surface area contributed by atoms with Gasteiger partial charge in [0.05, 0.1) is 18.0 Å². The van der Waals surface area contributed by atoms with Crippen molar-refractivity contribution in [2.24, 2.45) is 0 Å². The fourth-order valence-electron chi connectivity index (χ4n) is 2.19. The number of aliphatic hydroxyl groups is 1. The van der Waals surface area contributed by atoms with Crippen LogP contribution >= 0.6 is 11.3 Å². The van der Waals surface area contributed by atoms with Gasteiger partial charge in [-0.3, -0.25) is 0 Å². The number of aliphatic hydroxyl groups excluding tert-OH is 1. The lowest BCUT2D eigenvalue weighted by Crippen LogP contribution is -2.21. The van der Waals surface area contributed by atoms with Crippen LogP contribution in [-0.4, -0.2) is 21.0 Å². The zero-order valence-electron chi connectivity index (χ0n) is 11.3. The molecule has 0 aliphatic rings. The minimum absolute atomic E-state index is 0.456. The van der Waals surface area contributed by atoms with E-state index in [2.05, 4.69) is 33.8 Å². The highest BCUT2D eigenvalue weighted by molar-refractivity contribution is 7.07. The van der Waals surface area contributed by atoms with Crippen LogP contribution in [0.2, 0.25) is 0 Å². The first-order valence-electron chi connectivity index (χ1n) is 6.57. The Bertz CT molecular complexity index is 690. The summed E-state index contributed by atoms with van der Waals surface area (Å²) in [7, 11) is 0. The van der Waals surface area contributed by atoms with Gasteiger partial charge in [0.1, 0.15) is 5.65 Å². The maximum atomic E-state index is 10.0. The molecule has 0 bridgehead atoms. The average molecular weight is 287 g/mol. The van der Waals surface area contributed by atoms with Crippen LogP contribution in [0.3, 0.4) is 0 Å². The number of nitrogens with one attached hydrogen (secondary N) is 1. The molecule has 5 heteroatoms.